The SMILES string of the molecule is Cc1cc(C(=O)N(CCOc2ccccc2)CC2CCCO2)c(O)cn1. The Morgan fingerprint density at radius 3 is 2.92 bits per heavy atom. The van der Waals surface area contributed by atoms with Crippen molar-refractivity contribution in [1.82, 2.24) is 9.88 Å². The van der Waals surface area contributed by atoms with Gasteiger partial charge in [-0.3, -0.25) is 9.78 Å². The van der Waals surface area contributed by atoms with Gasteiger partial charge in [-0.2, -0.15) is 0 Å². The molecule has 3 rings (SSSR count). The van der Waals surface area contributed by atoms with E-state index in [2.05, 4.69) is 4.98 Å². The maximum atomic E-state index is 13.0. The van der Waals surface area contributed by atoms with Crippen LogP contribution in [0.3, 0.4) is 0 Å². The van der Waals surface area contributed by atoms with Gasteiger partial charge >= 0.3 is 0 Å². The van der Waals surface area contributed by atoms with Crippen LogP contribution in [0.1, 0.15) is 28.9 Å². The summed E-state index contributed by atoms with van der Waals surface area (Å²) < 4.78 is 11.4. The van der Waals surface area contributed by atoms with E-state index in [-0.39, 0.29) is 23.3 Å². The second kappa shape index (κ2) is 8.67. The number of amides is 1. The number of ether oxygens (including phenoxy) is 2. The van der Waals surface area contributed by atoms with Gasteiger partial charge in [-0.15, -0.1) is 0 Å². The molecule has 0 bridgehead atoms. The molecule has 1 atom stereocenters. The molecule has 2 heterocycles. The third kappa shape index (κ3) is 4.73. The number of rotatable bonds is 7. The number of hydrogen-bond acceptors (Lipinski definition) is 5. The maximum absolute atomic E-state index is 13.0. The van der Waals surface area contributed by atoms with E-state index >= 15 is 0 Å². The van der Waals surface area contributed by atoms with E-state index in [4.69, 9.17) is 9.47 Å². The predicted octanol–water partition coefficient (Wildman–Crippen LogP) is 2.80. The molecule has 1 aromatic carbocycles. The number of aromatic nitrogens is 1. The Balaban J connectivity index is 1.69. The van der Waals surface area contributed by atoms with Gasteiger partial charge < -0.3 is 19.5 Å². The number of pyridine rings is 1. The number of aryl methyl sites for hydroxylation is 1. The Bertz CT molecular complexity index is 730. The summed E-state index contributed by atoms with van der Waals surface area (Å²) >= 11 is 0. The van der Waals surface area contributed by atoms with Crippen LogP contribution in [-0.4, -0.2) is 53.3 Å². The summed E-state index contributed by atoms with van der Waals surface area (Å²) in [5, 5.41) is 10.0. The number of aromatic hydroxyl groups is 1. The second-order valence-electron chi connectivity index (χ2n) is 6.39. The van der Waals surface area contributed by atoms with Gasteiger partial charge in [0.1, 0.15) is 18.1 Å². The van der Waals surface area contributed by atoms with Crippen LogP contribution >= 0.6 is 0 Å². The first-order valence-electron chi connectivity index (χ1n) is 8.88. The molecule has 0 radical (unpaired) electrons. The molecule has 1 aromatic heterocycles. The van der Waals surface area contributed by atoms with Crippen LogP contribution in [-0.2, 0) is 4.74 Å². The Morgan fingerprint density at radius 1 is 1.38 bits per heavy atom. The molecule has 1 N–H and O–H groups in total. The van der Waals surface area contributed by atoms with Crippen molar-refractivity contribution in [3.05, 3.63) is 53.9 Å². The van der Waals surface area contributed by atoms with E-state index in [9.17, 15) is 9.90 Å². The molecule has 1 saturated heterocycles. The topological polar surface area (TPSA) is 71.9 Å². The Kier molecular flexibility index (Phi) is 6.07. The molecule has 0 aliphatic carbocycles. The predicted molar refractivity (Wildman–Crippen MR) is 97.5 cm³/mol. The third-order valence-corrected chi connectivity index (χ3v) is 4.36. The number of carbonyl (C=O) groups is 1. The molecule has 1 aliphatic rings. The van der Waals surface area contributed by atoms with Crippen molar-refractivity contribution >= 4 is 5.91 Å². The van der Waals surface area contributed by atoms with E-state index in [1.165, 1.54) is 6.20 Å². The second-order valence-corrected chi connectivity index (χ2v) is 6.39. The molecule has 138 valence electrons. The Morgan fingerprint density at radius 2 is 2.19 bits per heavy atom. The van der Waals surface area contributed by atoms with E-state index in [1.54, 1.807) is 17.9 Å². The van der Waals surface area contributed by atoms with Crippen LogP contribution in [0.4, 0.5) is 0 Å². The van der Waals surface area contributed by atoms with Crippen molar-refractivity contribution < 1.29 is 19.4 Å². The van der Waals surface area contributed by atoms with Crippen LogP contribution in [0.15, 0.2) is 42.6 Å². The molecule has 1 unspecified atom stereocenters. The minimum atomic E-state index is -0.236. The fourth-order valence-corrected chi connectivity index (χ4v) is 2.99. The molecule has 6 heteroatoms. The molecule has 2 aromatic rings. The van der Waals surface area contributed by atoms with Gasteiger partial charge in [-0.05, 0) is 38.0 Å². The molecule has 1 fully saturated rings. The normalized spacial score (nSPS) is 16.4. The third-order valence-electron chi connectivity index (χ3n) is 4.36. The standard InChI is InChI=1S/C20H24N2O4/c1-15-12-18(19(23)13-21-15)20(24)22(14-17-8-5-10-25-17)9-11-26-16-6-3-2-4-7-16/h2-4,6-7,12-13,17,23H,5,8-11,14H2,1H3. The van der Waals surface area contributed by atoms with Gasteiger partial charge in [0, 0.05) is 18.8 Å². The summed E-state index contributed by atoms with van der Waals surface area (Å²) in [4.78, 5) is 18.7. The fraction of sp³-hybridized carbons (Fsp3) is 0.400. The van der Waals surface area contributed by atoms with E-state index in [1.807, 2.05) is 30.3 Å². The van der Waals surface area contributed by atoms with Gasteiger partial charge in [0.2, 0.25) is 0 Å². The maximum Gasteiger partial charge on any atom is 0.257 e. The first-order chi connectivity index (χ1) is 12.6. The molecular formula is C20H24N2O4. The van der Waals surface area contributed by atoms with Crippen molar-refractivity contribution in [3.8, 4) is 11.5 Å². The lowest BCUT2D eigenvalue weighted by atomic mass is 10.1. The van der Waals surface area contributed by atoms with E-state index in [0.29, 0.717) is 25.4 Å². The zero-order valence-corrected chi connectivity index (χ0v) is 14.9. The number of nitrogens with zero attached hydrogens (tertiary/aromatic N) is 2. The van der Waals surface area contributed by atoms with Crippen molar-refractivity contribution in [2.24, 2.45) is 0 Å². The lowest BCUT2D eigenvalue weighted by molar-refractivity contribution is 0.0491. The number of hydrogen-bond donors (Lipinski definition) is 1. The summed E-state index contributed by atoms with van der Waals surface area (Å²) in [6.45, 7) is 3.78. The molecule has 1 aliphatic heterocycles. The van der Waals surface area contributed by atoms with Crippen LogP contribution in [0.25, 0.3) is 0 Å². The van der Waals surface area contributed by atoms with Crippen molar-refractivity contribution in [1.29, 1.82) is 0 Å². The van der Waals surface area contributed by atoms with Crippen LogP contribution in [0.5, 0.6) is 11.5 Å². The number of carbonyl (C=O) groups excluding carboxylic acids is 1. The quantitative estimate of drug-likeness (QED) is 0.826. The van der Waals surface area contributed by atoms with Gasteiger partial charge in [-0.1, -0.05) is 18.2 Å². The van der Waals surface area contributed by atoms with Gasteiger partial charge in [0.05, 0.1) is 24.4 Å². The van der Waals surface area contributed by atoms with Crippen LogP contribution in [0, 0.1) is 6.92 Å². The highest BCUT2D eigenvalue weighted by Crippen LogP contribution is 2.20. The fourth-order valence-electron chi connectivity index (χ4n) is 2.99. The largest absolute Gasteiger partial charge is 0.505 e. The molecule has 26 heavy (non-hydrogen) atoms. The van der Waals surface area contributed by atoms with Gasteiger partial charge in [0.25, 0.3) is 5.91 Å². The lowest BCUT2D eigenvalue weighted by Gasteiger charge is -2.26. The summed E-state index contributed by atoms with van der Waals surface area (Å²) in [5.41, 5.74) is 0.943. The molecule has 0 spiro atoms. The monoisotopic (exact) mass is 356 g/mol. The van der Waals surface area contributed by atoms with Crippen molar-refractivity contribution in [3.63, 3.8) is 0 Å². The smallest absolute Gasteiger partial charge is 0.257 e. The first-order valence-corrected chi connectivity index (χ1v) is 8.88. The lowest BCUT2D eigenvalue weighted by Crippen LogP contribution is -2.40. The average molecular weight is 356 g/mol. The van der Waals surface area contributed by atoms with Crippen LogP contribution < -0.4 is 4.74 Å². The Hall–Kier alpha value is -2.60. The summed E-state index contributed by atoms with van der Waals surface area (Å²) in [6.07, 6.45) is 3.28. The minimum absolute atomic E-state index is 0.0285. The highest BCUT2D eigenvalue weighted by atomic mass is 16.5. The summed E-state index contributed by atoms with van der Waals surface area (Å²) in [7, 11) is 0. The zero-order chi connectivity index (χ0) is 18.4. The average Bonchev–Trinajstić information content (AvgIpc) is 3.16. The molecule has 1 amide bonds. The highest BCUT2D eigenvalue weighted by molar-refractivity contribution is 5.96. The number of para-hydroxylation sites is 1. The van der Waals surface area contributed by atoms with Crippen molar-refractivity contribution in [2.45, 2.75) is 25.9 Å². The molecular weight excluding hydrogens is 332 g/mol. The molecule has 6 nitrogen and oxygen atoms in total. The van der Waals surface area contributed by atoms with Gasteiger partial charge in [-0.25, -0.2) is 0 Å². The molecule has 0 saturated carbocycles. The highest BCUT2D eigenvalue weighted by Gasteiger charge is 2.25. The summed E-state index contributed by atoms with van der Waals surface area (Å²) in [6, 6.07) is 11.1. The number of benzene rings is 1. The van der Waals surface area contributed by atoms with Gasteiger partial charge in [0.15, 0.2) is 0 Å². The van der Waals surface area contributed by atoms with E-state index in [0.717, 1.165) is 25.2 Å². The summed E-state index contributed by atoms with van der Waals surface area (Å²) in [5.74, 6) is 0.418. The van der Waals surface area contributed by atoms with Crippen molar-refractivity contribution in [2.75, 3.05) is 26.3 Å². The van der Waals surface area contributed by atoms with E-state index < -0.39 is 0 Å². The Labute approximate surface area is 153 Å². The minimum Gasteiger partial charge on any atom is -0.505 e. The first kappa shape index (κ1) is 18.2. The zero-order valence-electron chi connectivity index (χ0n) is 14.9. The van der Waals surface area contributed by atoms with Crippen LogP contribution in [0.2, 0.25) is 0 Å².